The number of benzene rings is 1. The van der Waals surface area contributed by atoms with Crippen LogP contribution in [0.5, 0.6) is 0 Å². The van der Waals surface area contributed by atoms with Gasteiger partial charge in [0.2, 0.25) is 0 Å². The zero-order valence-electron chi connectivity index (χ0n) is 11.6. The van der Waals surface area contributed by atoms with Gasteiger partial charge in [-0.1, -0.05) is 36.2 Å². The minimum atomic E-state index is 0.848. The number of aryl methyl sites for hydroxylation is 4. The average Bonchev–Trinajstić information content (AvgIpc) is 2.66. The van der Waals surface area contributed by atoms with Crippen molar-refractivity contribution in [1.82, 2.24) is 9.78 Å². The molecule has 2 rings (SSSR count). The Bertz CT molecular complexity index is 520. The van der Waals surface area contributed by atoms with Crippen LogP contribution in [0.3, 0.4) is 0 Å². The molecule has 0 bridgehead atoms. The lowest BCUT2D eigenvalue weighted by atomic mass is 10.1. The van der Waals surface area contributed by atoms with Gasteiger partial charge in [0.25, 0.3) is 0 Å². The molecule has 0 saturated carbocycles. The maximum absolute atomic E-state index is 4.43. The second kappa shape index (κ2) is 5.25. The number of hydrogen-bond acceptors (Lipinski definition) is 2. The maximum Gasteiger partial charge on any atom is 0.0853 e. The third-order valence-electron chi connectivity index (χ3n) is 3.00. The highest BCUT2D eigenvalue weighted by Gasteiger charge is 2.05. The molecule has 96 valence electrons. The minimum Gasteiger partial charge on any atom is -0.378 e. The van der Waals surface area contributed by atoms with E-state index in [4.69, 9.17) is 0 Å². The number of hydrogen-bond donors (Lipinski definition) is 1. The van der Waals surface area contributed by atoms with E-state index >= 15 is 0 Å². The van der Waals surface area contributed by atoms with E-state index in [2.05, 4.69) is 49.4 Å². The molecule has 0 saturated heterocycles. The van der Waals surface area contributed by atoms with Crippen molar-refractivity contribution in [3.8, 4) is 0 Å². The smallest absolute Gasteiger partial charge is 0.0853 e. The quantitative estimate of drug-likeness (QED) is 0.893. The molecule has 0 radical (unpaired) electrons. The molecular formula is C15H21N3. The Hall–Kier alpha value is -1.77. The van der Waals surface area contributed by atoms with Crippen LogP contribution in [0.1, 0.15) is 29.3 Å². The van der Waals surface area contributed by atoms with Gasteiger partial charge in [-0.25, -0.2) is 0 Å². The van der Waals surface area contributed by atoms with Gasteiger partial charge in [0, 0.05) is 19.8 Å². The number of aromatic nitrogens is 2. The summed E-state index contributed by atoms with van der Waals surface area (Å²) < 4.78 is 1.86. The summed E-state index contributed by atoms with van der Waals surface area (Å²) in [7, 11) is 1.96. The summed E-state index contributed by atoms with van der Waals surface area (Å²) >= 11 is 0. The Morgan fingerprint density at radius 1 is 1.17 bits per heavy atom. The molecule has 0 unspecified atom stereocenters. The van der Waals surface area contributed by atoms with Crippen LogP contribution < -0.4 is 5.32 Å². The molecule has 2 aromatic rings. The molecule has 1 heterocycles. The molecule has 1 N–H and O–H groups in total. The molecule has 1 aromatic heterocycles. The predicted molar refractivity (Wildman–Crippen MR) is 75.8 cm³/mol. The van der Waals surface area contributed by atoms with Crippen LogP contribution in [0.4, 0.5) is 5.69 Å². The standard InChI is InChI=1S/C15H21N3/c1-5-14-15(10-18(4)17-14)16-9-13-7-11(2)6-12(3)8-13/h6-8,10,16H,5,9H2,1-4H3. The topological polar surface area (TPSA) is 29.9 Å². The zero-order valence-corrected chi connectivity index (χ0v) is 11.6. The van der Waals surface area contributed by atoms with Gasteiger partial charge in [0.15, 0.2) is 0 Å². The summed E-state index contributed by atoms with van der Waals surface area (Å²) in [6.45, 7) is 7.25. The lowest BCUT2D eigenvalue weighted by Crippen LogP contribution is -2.01. The van der Waals surface area contributed by atoms with Crippen molar-refractivity contribution in [2.24, 2.45) is 7.05 Å². The molecule has 0 atom stereocenters. The molecule has 0 fully saturated rings. The molecule has 3 heteroatoms. The fourth-order valence-electron chi connectivity index (χ4n) is 2.31. The molecule has 1 aromatic carbocycles. The number of rotatable bonds is 4. The van der Waals surface area contributed by atoms with E-state index in [9.17, 15) is 0 Å². The van der Waals surface area contributed by atoms with E-state index in [1.54, 1.807) is 0 Å². The molecular weight excluding hydrogens is 222 g/mol. The van der Waals surface area contributed by atoms with Crippen molar-refractivity contribution in [3.05, 3.63) is 46.8 Å². The summed E-state index contributed by atoms with van der Waals surface area (Å²) in [6, 6.07) is 6.65. The third kappa shape index (κ3) is 2.92. The van der Waals surface area contributed by atoms with Crippen molar-refractivity contribution in [2.45, 2.75) is 33.7 Å². The second-order valence-corrected chi connectivity index (χ2v) is 4.87. The molecule has 3 nitrogen and oxygen atoms in total. The molecule has 0 amide bonds. The fourth-order valence-corrected chi connectivity index (χ4v) is 2.31. The van der Waals surface area contributed by atoms with Crippen molar-refractivity contribution >= 4 is 5.69 Å². The molecule has 0 spiro atoms. The normalized spacial score (nSPS) is 10.7. The Morgan fingerprint density at radius 3 is 2.44 bits per heavy atom. The van der Waals surface area contributed by atoms with Gasteiger partial charge in [-0.2, -0.15) is 5.10 Å². The summed E-state index contributed by atoms with van der Waals surface area (Å²) in [5.41, 5.74) is 6.21. The summed E-state index contributed by atoms with van der Waals surface area (Å²) in [5, 5.41) is 7.90. The first-order valence-corrected chi connectivity index (χ1v) is 6.42. The Balaban J connectivity index is 2.11. The van der Waals surface area contributed by atoms with Crippen molar-refractivity contribution < 1.29 is 0 Å². The summed E-state index contributed by atoms with van der Waals surface area (Å²) in [5.74, 6) is 0. The second-order valence-electron chi connectivity index (χ2n) is 4.87. The highest BCUT2D eigenvalue weighted by molar-refractivity contribution is 5.47. The zero-order chi connectivity index (χ0) is 13.1. The number of nitrogens with zero attached hydrogens (tertiary/aromatic N) is 2. The Morgan fingerprint density at radius 2 is 1.83 bits per heavy atom. The highest BCUT2D eigenvalue weighted by atomic mass is 15.3. The molecule has 0 aliphatic carbocycles. The first-order chi connectivity index (χ1) is 8.58. The fraction of sp³-hybridized carbons (Fsp3) is 0.400. The Labute approximate surface area is 109 Å². The van der Waals surface area contributed by atoms with Crippen LogP contribution >= 0.6 is 0 Å². The van der Waals surface area contributed by atoms with Crippen molar-refractivity contribution in [1.29, 1.82) is 0 Å². The van der Waals surface area contributed by atoms with Gasteiger partial charge in [-0.15, -0.1) is 0 Å². The molecule has 18 heavy (non-hydrogen) atoms. The van der Waals surface area contributed by atoms with Gasteiger partial charge in [-0.3, -0.25) is 4.68 Å². The first-order valence-electron chi connectivity index (χ1n) is 6.42. The summed E-state index contributed by atoms with van der Waals surface area (Å²) in [4.78, 5) is 0. The van der Waals surface area contributed by atoms with Gasteiger partial charge >= 0.3 is 0 Å². The van der Waals surface area contributed by atoms with Crippen molar-refractivity contribution in [2.75, 3.05) is 5.32 Å². The third-order valence-corrected chi connectivity index (χ3v) is 3.00. The SMILES string of the molecule is CCc1nn(C)cc1NCc1cc(C)cc(C)c1. The average molecular weight is 243 g/mol. The van der Waals surface area contributed by atoms with Crippen LogP contribution in [-0.4, -0.2) is 9.78 Å². The first kappa shape index (κ1) is 12.7. The number of nitrogens with one attached hydrogen (secondary N) is 1. The van der Waals surface area contributed by atoms with Crippen LogP contribution in [0.2, 0.25) is 0 Å². The van der Waals surface area contributed by atoms with E-state index in [1.165, 1.54) is 16.7 Å². The van der Waals surface area contributed by atoms with Gasteiger partial charge in [0.1, 0.15) is 0 Å². The molecule has 0 aliphatic rings. The largest absolute Gasteiger partial charge is 0.378 e. The maximum atomic E-state index is 4.43. The van der Waals surface area contributed by atoms with E-state index in [0.717, 1.165) is 24.3 Å². The van der Waals surface area contributed by atoms with Gasteiger partial charge in [-0.05, 0) is 25.8 Å². The van der Waals surface area contributed by atoms with E-state index < -0.39 is 0 Å². The van der Waals surface area contributed by atoms with Crippen LogP contribution in [0, 0.1) is 13.8 Å². The molecule has 0 aliphatic heterocycles. The lowest BCUT2D eigenvalue weighted by molar-refractivity contribution is 0.746. The summed E-state index contributed by atoms with van der Waals surface area (Å²) in [6.07, 6.45) is 3.00. The Kier molecular flexibility index (Phi) is 3.70. The van der Waals surface area contributed by atoms with E-state index in [1.807, 2.05) is 17.9 Å². The highest BCUT2D eigenvalue weighted by Crippen LogP contribution is 2.16. The van der Waals surface area contributed by atoms with E-state index in [0.29, 0.717) is 0 Å². The van der Waals surface area contributed by atoms with Crippen LogP contribution in [0.25, 0.3) is 0 Å². The van der Waals surface area contributed by atoms with Crippen LogP contribution in [0.15, 0.2) is 24.4 Å². The lowest BCUT2D eigenvalue weighted by Gasteiger charge is -2.07. The van der Waals surface area contributed by atoms with Crippen LogP contribution in [-0.2, 0) is 20.0 Å². The van der Waals surface area contributed by atoms with E-state index in [-0.39, 0.29) is 0 Å². The van der Waals surface area contributed by atoms with Gasteiger partial charge in [0.05, 0.1) is 11.4 Å². The predicted octanol–water partition coefficient (Wildman–Crippen LogP) is 3.21. The van der Waals surface area contributed by atoms with Crippen molar-refractivity contribution in [3.63, 3.8) is 0 Å². The van der Waals surface area contributed by atoms with Gasteiger partial charge < -0.3 is 5.32 Å². The minimum absolute atomic E-state index is 0.848. The monoisotopic (exact) mass is 243 g/mol. The number of anilines is 1.